The van der Waals surface area contributed by atoms with E-state index in [2.05, 4.69) is 22.8 Å². The third-order valence-electron chi connectivity index (χ3n) is 8.53. The van der Waals surface area contributed by atoms with Crippen molar-refractivity contribution in [1.82, 2.24) is 19.5 Å². The average Bonchev–Trinajstić information content (AvgIpc) is 3.50. The van der Waals surface area contributed by atoms with Gasteiger partial charge < -0.3 is 4.57 Å². The average molecular weight is 626 g/mol. The molecule has 49 heavy (non-hydrogen) atoms. The van der Waals surface area contributed by atoms with Crippen molar-refractivity contribution in [2.75, 3.05) is 0 Å². The van der Waals surface area contributed by atoms with Crippen LogP contribution in [0.25, 0.3) is 72.8 Å². The first-order chi connectivity index (χ1) is 24.1. The molecule has 2 heterocycles. The zero-order valence-corrected chi connectivity index (χ0v) is 25.9. The lowest BCUT2D eigenvalue weighted by Crippen LogP contribution is -2.02. The molecule has 0 saturated carbocycles. The zero-order chi connectivity index (χ0) is 33.3. The highest BCUT2D eigenvalue weighted by Gasteiger charge is 2.20. The molecule has 0 amide bonds. The van der Waals surface area contributed by atoms with Crippen LogP contribution in [-0.4, -0.2) is 19.5 Å². The van der Waals surface area contributed by atoms with E-state index >= 15 is 0 Å². The summed E-state index contributed by atoms with van der Waals surface area (Å²) in [7, 11) is 0. The fourth-order valence-electron chi connectivity index (χ4n) is 6.23. The molecule has 2 aromatic heterocycles. The third kappa shape index (κ3) is 5.22. The Morgan fingerprint density at radius 3 is 1.47 bits per heavy atom. The summed E-state index contributed by atoms with van der Waals surface area (Å²) in [5, 5.41) is 31.3. The molecule has 7 nitrogen and oxygen atoms in total. The quantitative estimate of drug-likeness (QED) is 0.188. The van der Waals surface area contributed by atoms with Crippen molar-refractivity contribution < 1.29 is 0 Å². The molecule has 0 fully saturated rings. The van der Waals surface area contributed by atoms with E-state index in [4.69, 9.17) is 15.0 Å². The second-order valence-corrected chi connectivity index (χ2v) is 11.5. The summed E-state index contributed by atoms with van der Waals surface area (Å²) in [6, 6.07) is 51.2. The number of hydrogen-bond donors (Lipinski definition) is 0. The number of nitrogens with zero attached hydrogens (tertiary/aromatic N) is 7. The molecular weight excluding hydrogens is 603 g/mol. The van der Waals surface area contributed by atoms with Crippen LogP contribution in [0.2, 0.25) is 0 Å². The van der Waals surface area contributed by atoms with E-state index in [1.165, 1.54) is 0 Å². The van der Waals surface area contributed by atoms with Crippen LogP contribution in [0.15, 0.2) is 140 Å². The van der Waals surface area contributed by atoms with Gasteiger partial charge in [-0.05, 0) is 59.7 Å². The number of rotatable bonds is 5. The van der Waals surface area contributed by atoms with E-state index in [0.29, 0.717) is 34.2 Å². The van der Waals surface area contributed by atoms with Crippen molar-refractivity contribution in [2.24, 2.45) is 0 Å². The minimum Gasteiger partial charge on any atom is -0.309 e. The lowest BCUT2D eigenvalue weighted by molar-refractivity contribution is 1.07. The number of nitriles is 3. The summed E-state index contributed by atoms with van der Waals surface area (Å²) in [5.41, 5.74) is 8.15. The minimum absolute atomic E-state index is 0.461. The van der Waals surface area contributed by atoms with Gasteiger partial charge in [-0.25, -0.2) is 15.0 Å². The first-order valence-corrected chi connectivity index (χ1v) is 15.5. The molecule has 8 aromatic rings. The van der Waals surface area contributed by atoms with Crippen molar-refractivity contribution in [3.05, 3.63) is 156 Å². The Morgan fingerprint density at radius 1 is 0.408 bits per heavy atom. The molecule has 0 spiro atoms. The maximum atomic E-state index is 9.81. The van der Waals surface area contributed by atoms with E-state index in [0.717, 1.165) is 55.3 Å². The topological polar surface area (TPSA) is 115 Å². The Morgan fingerprint density at radius 2 is 0.918 bits per heavy atom. The fourth-order valence-corrected chi connectivity index (χ4v) is 6.23. The van der Waals surface area contributed by atoms with E-state index < -0.39 is 0 Å². The first-order valence-electron chi connectivity index (χ1n) is 15.5. The zero-order valence-electron chi connectivity index (χ0n) is 25.9. The maximum absolute atomic E-state index is 9.81. The van der Waals surface area contributed by atoms with Crippen LogP contribution in [0.3, 0.4) is 0 Å². The van der Waals surface area contributed by atoms with Crippen molar-refractivity contribution in [1.29, 1.82) is 15.8 Å². The van der Waals surface area contributed by atoms with Gasteiger partial charge in [0.25, 0.3) is 0 Å². The Kier molecular flexibility index (Phi) is 7.16. The summed E-state index contributed by atoms with van der Waals surface area (Å²) in [4.78, 5) is 15.0. The van der Waals surface area contributed by atoms with Gasteiger partial charge >= 0.3 is 0 Å². The monoisotopic (exact) mass is 625 g/mol. The summed E-state index contributed by atoms with van der Waals surface area (Å²) in [6.07, 6.45) is 0. The van der Waals surface area contributed by atoms with Crippen LogP contribution in [-0.2, 0) is 0 Å². The van der Waals surface area contributed by atoms with Crippen molar-refractivity contribution >= 4 is 21.8 Å². The molecule has 6 aromatic carbocycles. The van der Waals surface area contributed by atoms with Gasteiger partial charge in [0.1, 0.15) is 0 Å². The van der Waals surface area contributed by atoms with Crippen LogP contribution in [0, 0.1) is 34.0 Å². The van der Waals surface area contributed by atoms with Gasteiger partial charge in [-0.15, -0.1) is 0 Å². The predicted octanol–water partition coefficient (Wildman–Crippen LogP) is 9.25. The molecular formula is C42H23N7. The number of hydrogen-bond acceptors (Lipinski definition) is 6. The molecule has 0 radical (unpaired) electrons. The molecule has 0 saturated heterocycles. The van der Waals surface area contributed by atoms with Gasteiger partial charge in [0, 0.05) is 33.2 Å². The van der Waals surface area contributed by atoms with Crippen LogP contribution in [0.1, 0.15) is 16.7 Å². The normalized spacial score (nSPS) is 10.8. The SMILES string of the molecule is N#Cc1cccc(-c2ccc(-n3c4cc(C#N)ccc4c4ccc(C#N)cc43)cc2-c2nc(-c3ccccc3)nc(-c3ccccc3)n2)c1. The smallest absolute Gasteiger partial charge is 0.164 e. The lowest BCUT2D eigenvalue weighted by Gasteiger charge is -2.16. The molecule has 0 bridgehead atoms. The Bertz CT molecular complexity index is 2560. The molecule has 0 atom stereocenters. The Hall–Kier alpha value is -7.40. The van der Waals surface area contributed by atoms with Crippen LogP contribution in [0.4, 0.5) is 0 Å². The standard InChI is InChI=1S/C42H23N7/c43-24-27-8-7-13-32(20-27)34-19-16-33(49-38-21-28(25-44)14-17-35(38)36-18-15-29(26-45)22-39(36)49)23-37(34)42-47-40(30-9-3-1-4-10-30)46-41(48-42)31-11-5-2-6-12-31/h1-23H. The maximum Gasteiger partial charge on any atom is 0.164 e. The largest absolute Gasteiger partial charge is 0.309 e. The van der Waals surface area contributed by atoms with Gasteiger partial charge in [0.15, 0.2) is 17.5 Å². The lowest BCUT2D eigenvalue weighted by atomic mass is 9.96. The fraction of sp³-hybridized carbons (Fsp3) is 0. The van der Waals surface area contributed by atoms with Gasteiger partial charge in [-0.3, -0.25) is 0 Å². The number of fused-ring (bicyclic) bond motifs is 3. The summed E-state index contributed by atoms with van der Waals surface area (Å²) in [6.45, 7) is 0. The predicted molar refractivity (Wildman–Crippen MR) is 190 cm³/mol. The molecule has 0 aliphatic carbocycles. The number of aromatic nitrogens is 4. The highest BCUT2D eigenvalue weighted by molar-refractivity contribution is 6.10. The highest BCUT2D eigenvalue weighted by atomic mass is 15.0. The molecule has 0 aliphatic heterocycles. The molecule has 0 aliphatic rings. The summed E-state index contributed by atoms with van der Waals surface area (Å²) < 4.78 is 2.07. The van der Waals surface area contributed by atoms with Crippen molar-refractivity contribution in [2.45, 2.75) is 0 Å². The van der Waals surface area contributed by atoms with E-state index in [1.54, 1.807) is 6.07 Å². The van der Waals surface area contributed by atoms with Gasteiger partial charge in [0.2, 0.25) is 0 Å². The molecule has 0 unspecified atom stereocenters. The second-order valence-electron chi connectivity index (χ2n) is 11.5. The molecule has 8 rings (SSSR count). The Labute approximate surface area is 281 Å². The van der Waals surface area contributed by atoms with Crippen LogP contribution in [0.5, 0.6) is 0 Å². The second kappa shape index (κ2) is 12.1. The summed E-state index contributed by atoms with van der Waals surface area (Å²) >= 11 is 0. The van der Waals surface area contributed by atoms with Crippen molar-refractivity contribution in [3.8, 4) is 69.2 Å². The number of benzene rings is 6. The van der Waals surface area contributed by atoms with Crippen LogP contribution < -0.4 is 0 Å². The minimum atomic E-state index is 0.461. The highest BCUT2D eigenvalue weighted by Crippen LogP contribution is 2.38. The van der Waals surface area contributed by atoms with Gasteiger partial charge in [-0.1, -0.05) is 91.0 Å². The first kappa shape index (κ1) is 29.0. The van der Waals surface area contributed by atoms with E-state index in [-0.39, 0.29) is 0 Å². The molecule has 7 heteroatoms. The van der Waals surface area contributed by atoms with E-state index in [9.17, 15) is 15.8 Å². The molecule has 0 N–H and O–H groups in total. The summed E-state index contributed by atoms with van der Waals surface area (Å²) in [5.74, 6) is 1.52. The van der Waals surface area contributed by atoms with Gasteiger partial charge in [0.05, 0.1) is 45.9 Å². The Balaban J connectivity index is 1.46. The van der Waals surface area contributed by atoms with Crippen molar-refractivity contribution in [3.63, 3.8) is 0 Å². The van der Waals surface area contributed by atoms with E-state index in [1.807, 2.05) is 133 Å². The van der Waals surface area contributed by atoms with Gasteiger partial charge in [-0.2, -0.15) is 15.8 Å². The molecule has 226 valence electrons. The van der Waals surface area contributed by atoms with Crippen LogP contribution >= 0.6 is 0 Å². The third-order valence-corrected chi connectivity index (χ3v) is 8.53.